The molecule has 0 spiro atoms. The molecule has 0 bridgehead atoms. The number of benzene rings is 2. The number of anilines is 1. The van der Waals surface area contributed by atoms with Crippen LogP contribution in [0.25, 0.3) is 0 Å². The third kappa shape index (κ3) is 5.31. The summed E-state index contributed by atoms with van der Waals surface area (Å²) in [5, 5.41) is 10.5. The molecule has 1 heterocycles. The van der Waals surface area contributed by atoms with Crippen molar-refractivity contribution in [1.29, 1.82) is 0 Å². The van der Waals surface area contributed by atoms with E-state index >= 15 is 0 Å². The van der Waals surface area contributed by atoms with E-state index in [4.69, 9.17) is 13.9 Å². The number of nitrogens with one attached hydrogen (secondary N) is 1. The second-order valence-corrected chi connectivity index (χ2v) is 5.83. The molecule has 7 nitrogen and oxygen atoms in total. The van der Waals surface area contributed by atoms with Crippen LogP contribution >= 0.6 is 0 Å². The Morgan fingerprint density at radius 3 is 2.33 bits per heavy atom. The number of methoxy groups -OCH3 is 1. The van der Waals surface area contributed by atoms with Crippen molar-refractivity contribution in [3.63, 3.8) is 0 Å². The van der Waals surface area contributed by atoms with Gasteiger partial charge in [0.25, 0.3) is 0 Å². The van der Waals surface area contributed by atoms with Crippen LogP contribution in [0.1, 0.15) is 23.9 Å². The zero-order valence-corrected chi connectivity index (χ0v) is 15.3. The van der Waals surface area contributed by atoms with Crippen LogP contribution < -0.4 is 14.8 Å². The molecule has 1 aromatic heterocycles. The number of hydrogen-bond donors (Lipinski definition) is 1. The van der Waals surface area contributed by atoms with E-state index in [-0.39, 0.29) is 18.3 Å². The number of hydrogen-bond acceptors (Lipinski definition) is 6. The molecule has 140 valence electrons. The topological polar surface area (TPSA) is 86.5 Å². The molecular weight excluding hydrogens is 346 g/mol. The largest absolute Gasteiger partial charge is 0.497 e. The SMILES string of the molecule is CCOc1ccc(CC(=O)Nc2nnc(Cc3ccc(OC)cc3)o2)cc1. The quantitative estimate of drug-likeness (QED) is 0.658. The smallest absolute Gasteiger partial charge is 0.322 e. The van der Waals surface area contributed by atoms with E-state index in [0.717, 1.165) is 22.6 Å². The van der Waals surface area contributed by atoms with E-state index < -0.39 is 0 Å². The Hall–Kier alpha value is -3.35. The van der Waals surface area contributed by atoms with Crippen molar-refractivity contribution in [2.24, 2.45) is 0 Å². The molecule has 0 radical (unpaired) electrons. The number of aromatic nitrogens is 2. The van der Waals surface area contributed by atoms with Crippen LogP contribution in [-0.2, 0) is 17.6 Å². The van der Waals surface area contributed by atoms with Crippen molar-refractivity contribution in [1.82, 2.24) is 10.2 Å². The third-order valence-corrected chi connectivity index (χ3v) is 3.83. The van der Waals surface area contributed by atoms with E-state index in [1.165, 1.54) is 0 Å². The number of ether oxygens (including phenoxy) is 2. The summed E-state index contributed by atoms with van der Waals surface area (Å²) in [6.45, 7) is 2.53. The van der Waals surface area contributed by atoms with E-state index in [2.05, 4.69) is 15.5 Å². The molecule has 0 saturated heterocycles. The van der Waals surface area contributed by atoms with Crippen molar-refractivity contribution in [2.45, 2.75) is 19.8 Å². The first-order valence-corrected chi connectivity index (χ1v) is 8.63. The zero-order valence-electron chi connectivity index (χ0n) is 15.3. The predicted molar refractivity (Wildman–Crippen MR) is 100 cm³/mol. The number of carbonyl (C=O) groups excluding carboxylic acids is 1. The fraction of sp³-hybridized carbons (Fsp3) is 0.250. The summed E-state index contributed by atoms with van der Waals surface area (Å²) >= 11 is 0. The average molecular weight is 367 g/mol. The maximum absolute atomic E-state index is 12.1. The summed E-state index contributed by atoms with van der Waals surface area (Å²) in [5.74, 6) is 1.77. The summed E-state index contributed by atoms with van der Waals surface area (Å²) in [6.07, 6.45) is 0.689. The highest BCUT2D eigenvalue weighted by atomic mass is 16.5. The van der Waals surface area contributed by atoms with Crippen LogP contribution in [0.5, 0.6) is 11.5 Å². The molecule has 0 atom stereocenters. The van der Waals surface area contributed by atoms with Crippen molar-refractivity contribution >= 4 is 11.9 Å². The summed E-state index contributed by atoms with van der Waals surface area (Å²) in [5.41, 5.74) is 1.88. The predicted octanol–water partition coefficient (Wildman–Crippen LogP) is 3.25. The van der Waals surface area contributed by atoms with Gasteiger partial charge in [0.2, 0.25) is 11.8 Å². The van der Waals surface area contributed by atoms with Crippen LogP contribution in [0.4, 0.5) is 6.01 Å². The molecule has 2 aromatic carbocycles. The van der Waals surface area contributed by atoms with E-state index in [0.29, 0.717) is 18.9 Å². The molecule has 27 heavy (non-hydrogen) atoms. The lowest BCUT2D eigenvalue weighted by molar-refractivity contribution is -0.115. The van der Waals surface area contributed by atoms with Gasteiger partial charge in [-0.15, -0.1) is 5.10 Å². The molecule has 0 aliphatic rings. The van der Waals surface area contributed by atoms with Gasteiger partial charge < -0.3 is 13.9 Å². The lowest BCUT2D eigenvalue weighted by Gasteiger charge is -2.04. The Bertz CT molecular complexity index is 873. The standard InChI is InChI=1S/C20H21N3O4/c1-3-26-17-10-6-14(7-11-17)12-18(24)21-20-23-22-19(27-20)13-15-4-8-16(25-2)9-5-15/h4-11H,3,12-13H2,1-2H3,(H,21,23,24). The lowest BCUT2D eigenvalue weighted by atomic mass is 10.1. The molecule has 0 unspecified atom stereocenters. The van der Waals surface area contributed by atoms with Crippen molar-refractivity contribution in [3.05, 3.63) is 65.5 Å². The van der Waals surface area contributed by atoms with Gasteiger partial charge in [0, 0.05) is 0 Å². The highest BCUT2D eigenvalue weighted by Gasteiger charge is 2.11. The number of carbonyl (C=O) groups is 1. The van der Waals surface area contributed by atoms with Gasteiger partial charge in [-0.3, -0.25) is 10.1 Å². The number of nitrogens with zero attached hydrogens (tertiary/aromatic N) is 2. The minimum atomic E-state index is -0.223. The molecule has 0 aliphatic heterocycles. The molecule has 0 fully saturated rings. The molecule has 7 heteroatoms. The van der Waals surface area contributed by atoms with Gasteiger partial charge in [-0.2, -0.15) is 0 Å². The first-order valence-electron chi connectivity index (χ1n) is 8.63. The molecular formula is C20H21N3O4. The van der Waals surface area contributed by atoms with Crippen LogP contribution in [-0.4, -0.2) is 29.8 Å². The van der Waals surface area contributed by atoms with Gasteiger partial charge in [-0.1, -0.05) is 29.4 Å². The highest BCUT2D eigenvalue weighted by molar-refractivity contribution is 5.90. The van der Waals surface area contributed by atoms with Gasteiger partial charge in [-0.05, 0) is 42.3 Å². The molecule has 3 rings (SSSR count). The summed E-state index contributed by atoms with van der Waals surface area (Å²) in [6, 6.07) is 15.1. The normalized spacial score (nSPS) is 10.4. The average Bonchev–Trinajstić information content (AvgIpc) is 3.11. The minimum Gasteiger partial charge on any atom is -0.497 e. The Balaban J connectivity index is 1.53. The van der Waals surface area contributed by atoms with Gasteiger partial charge in [0.15, 0.2) is 0 Å². The van der Waals surface area contributed by atoms with Gasteiger partial charge in [0.1, 0.15) is 11.5 Å². The van der Waals surface area contributed by atoms with Gasteiger partial charge in [0.05, 0.1) is 26.6 Å². The second-order valence-electron chi connectivity index (χ2n) is 5.83. The van der Waals surface area contributed by atoms with E-state index in [1.54, 1.807) is 7.11 Å². The number of amides is 1. The van der Waals surface area contributed by atoms with Gasteiger partial charge >= 0.3 is 6.01 Å². The Labute approximate surface area is 157 Å². The van der Waals surface area contributed by atoms with Crippen LogP contribution in [0, 0.1) is 0 Å². The molecule has 0 aliphatic carbocycles. The van der Waals surface area contributed by atoms with Crippen LogP contribution in [0.2, 0.25) is 0 Å². The van der Waals surface area contributed by atoms with E-state index in [9.17, 15) is 4.79 Å². The fourth-order valence-electron chi connectivity index (χ4n) is 2.51. The van der Waals surface area contributed by atoms with Crippen molar-refractivity contribution < 1.29 is 18.7 Å². The molecule has 3 aromatic rings. The van der Waals surface area contributed by atoms with Crippen LogP contribution in [0.3, 0.4) is 0 Å². The van der Waals surface area contributed by atoms with E-state index in [1.807, 2.05) is 55.5 Å². The van der Waals surface area contributed by atoms with Crippen molar-refractivity contribution in [2.75, 3.05) is 19.0 Å². The minimum absolute atomic E-state index is 0.0921. The molecule has 0 saturated carbocycles. The second kappa shape index (κ2) is 8.84. The van der Waals surface area contributed by atoms with Crippen molar-refractivity contribution in [3.8, 4) is 11.5 Å². The maximum Gasteiger partial charge on any atom is 0.322 e. The Morgan fingerprint density at radius 1 is 1.00 bits per heavy atom. The fourth-order valence-corrected chi connectivity index (χ4v) is 2.51. The number of rotatable bonds is 8. The first kappa shape index (κ1) is 18.4. The maximum atomic E-state index is 12.1. The Morgan fingerprint density at radius 2 is 1.67 bits per heavy atom. The first-order chi connectivity index (χ1) is 13.2. The van der Waals surface area contributed by atoms with Gasteiger partial charge in [-0.25, -0.2) is 0 Å². The Kier molecular flexibility index (Phi) is 6.04. The lowest BCUT2D eigenvalue weighted by Crippen LogP contribution is -2.14. The molecule has 1 amide bonds. The third-order valence-electron chi connectivity index (χ3n) is 3.83. The summed E-state index contributed by atoms with van der Waals surface area (Å²) in [4.78, 5) is 12.1. The molecule has 1 N–H and O–H groups in total. The zero-order chi connectivity index (χ0) is 19.1. The van der Waals surface area contributed by atoms with Crippen LogP contribution in [0.15, 0.2) is 52.9 Å². The monoisotopic (exact) mass is 367 g/mol. The summed E-state index contributed by atoms with van der Waals surface area (Å²) in [7, 11) is 1.62. The summed E-state index contributed by atoms with van der Waals surface area (Å²) < 4.78 is 16.0. The highest BCUT2D eigenvalue weighted by Crippen LogP contribution is 2.16.